The van der Waals surface area contributed by atoms with E-state index in [0.717, 1.165) is 18.4 Å². The van der Waals surface area contributed by atoms with Crippen LogP contribution in [-0.2, 0) is 4.74 Å². The fraction of sp³-hybridized carbons (Fsp3) is 0.429. The maximum atomic E-state index is 11.9. The fourth-order valence-electron chi connectivity index (χ4n) is 2.27. The topological polar surface area (TPSA) is 72.6 Å². The van der Waals surface area contributed by atoms with Crippen molar-refractivity contribution in [2.75, 3.05) is 13.2 Å². The van der Waals surface area contributed by atoms with Gasteiger partial charge in [-0.05, 0) is 37.5 Å². The third-order valence-corrected chi connectivity index (χ3v) is 3.88. The molecule has 0 aliphatic carbocycles. The number of hydrogen-bond donors (Lipinski definition) is 1. The van der Waals surface area contributed by atoms with Crippen LogP contribution in [0.3, 0.4) is 0 Å². The molecule has 1 saturated heterocycles. The normalized spacial score (nSPS) is 18.1. The van der Waals surface area contributed by atoms with E-state index in [1.165, 1.54) is 4.90 Å². The molecule has 0 aromatic heterocycles. The molecule has 1 fully saturated rings. The minimum atomic E-state index is -0.470. The molecule has 1 aliphatic rings. The number of amides is 2. The van der Waals surface area contributed by atoms with Gasteiger partial charge in [-0.3, -0.25) is 0 Å². The molecule has 6 heteroatoms. The van der Waals surface area contributed by atoms with Gasteiger partial charge in [-0.2, -0.15) is 0 Å². The number of urea groups is 1. The zero-order valence-electron chi connectivity index (χ0n) is 11.3. The highest BCUT2D eigenvalue weighted by atomic mass is 35.5. The molecule has 1 heterocycles. The molecule has 1 unspecified atom stereocenters. The Morgan fingerprint density at radius 1 is 1.50 bits per heavy atom. The molecule has 1 atom stereocenters. The van der Waals surface area contributed by atoms with Crippen LogP contribution in [0.15, 0.2) is 18.2 Å². The summed E-state index contributed by atoms with van der Waals surface area (Å²) in [4.78, 5) is 24.7. The van der Waals surface area contributed by atoms with E-state index in [9.17, 15) is 9.59 Å². The zero-order valence-corrected chi connectivity index (χ0v) is 12.0. The molecule has 2 rings (SSSR count). The Kier molecular flexibility index (Phi) is 4.49. The number of primary amides is 1. The van der Waals surface area contributed by atoms with Crippen molar-refractivity contribution in [2.24, 2.45) is 5.73 Å². The second kappa shape index (κ2) is 6.13. The van der Waals surface area contributed by atoms with Gasteiger partial charge in [0.25, 0.3) is 0 Å². The summed E-state index contributed by atoms with van der Waals surface area (Å²) in [6.07, 6.45) is 1.67. The molecule has 0 bridgehead atoms. The molecule has 2 amide bonds. The molecular formula is C14H17ClN2O3. The summed E-state index contributed by atoms with van der Waals surface area (Å²) in [7, 11) is 0. The second-order valence-electron chi connectivity index (χ2n) is 4.89. The van der Waals surface area contributed by atoms with E-state index < -0.39 is 12.0 Å². The van der Waals surface area contributed by atoms with Crippen LogP contribution < -0.4 is 5.73 Å². The summed E-state index contributed by atoms with van der Waals surface area (Å²) in [5.41, 5.74) is 6.58. The highest BCUT2D eigenvalue weighted by molar-refractivity contribution is 6.31. The van der Waals surface area contributed by atoms with Gasteiger partial charge < -0.3 is 15.4 Å². The number of carbonyl (C=O) groups excluding carboxylic acids is 2. The molecule has 0 radical (unpaired) electrons. The lowest BCUT2D eigenvalue weighted by Gasteiger charge is -2.22. The molecule has 1 aromatic rings. The monoisotopic (exact) mass is 296 g/mol. The van der Waals surface area contributed by atoms with Crippen molar-refractivity contribution in [1.29, 1.82) is 0 Å². The van der Waals surface area contributed by atoms with Crippen LogP contribution in [0.25, 0.3) is 0 Å². The van der Waals surface area contributed by atoms with E-state index in [0.29, 0.717) is 17.1 Å². The minimum absolute atomic E-state index is 0.127. The van der Waals surface area contributed by atoms with E-state index in [-0.39, 0.29) is 12.6 Å². The van der Waals surface area contributed by atoms with Gasteiger partial charge in [0, 0.05) is 11.6 Å². The lowest BCUT2D eigenvalue weighted by molar-refractivity contribution is 0.0422. The zero-order chi connectivity index (χ0) is 14.7. The van der Waals surface area contributed by atoms with E-state index >= 15 is 0 Å². The predicted octanol–water partition coefficient (Wildman–Crippen LogP) is 2.35. The van der Waals surface area contributed by atoms with Gasteiger partial charge in [-0.1, -0.05) is 17.7 Å². The highest BCUT2D eigenvalue weighted by Crippen LogP contribution is 2.19. The Balaban J connectivity index is 1.95. The third kappa shape index (κ3) is 3.22. The Hall–Kier alpha value is -1.75. The van der Waals surface area contributed by atoms with Crippen LogP contribution in [0.4, 0.5) is 4.79 Å². The molecule has 1 aromatic carbocycles. The van der Waals surface area contributed by atoms with Crippen molar-refractivity contribution < 1.29 is 14.3 Å². The number of esters is 1. The van der Waals surface area contributed by atoms with Crippen molar-refractivity contribution in [2.45, 2.75) is 25.8 Å². The van der Waals surface area contributed by atoms with Gasteiger partial charge in [-0.25, -0.2) is 9.59 Å². The average molecular weight is 297 g/mol. The largest absolute Gasteiger partial charge is 0.460 e. The van der Waals surface area contributed by atoms with Crippen molar-refractivity contribution in [3.63, 3.8) is 0 Å². The molecule has 2 N–H and O–H groups in total. The standard InChI is InChI=1S/C14H17ClN2O3/c1-9-4-5-10(7-12(9)15)13(18)20-8-11-3-2-6-17(11)14(16)19/h4-5,7,11H,2-3,6,8H2,1H3,(H2,16,19). The van der Waals surface area contributed by atoms with Gasteiger partial charge in [0.1, 0.15) is 6.61 Å². The second-order valence-corrected chi connectivity index (χ2v) is 5.30. The molecule has 1 aliphatic heterocycles. The van der Waals surface area contributed by atoms with E-state index in [1.807, 2.05) is 6.92 Å². The van der Waals surface area contributed by atoms with Crippen molar-refractivity contribution in [3.05, 3.63) is 34.3 Å². The van der Waals surface area contributed by atoms with E-state index in [4.69, 9.17) is 22.1 Å². The third-order valence-electron chi connectivity index (χ3n) is 3.47. The van der Waals surface area contributed by atoms with Crippen LogP contribution in [0, 0.1) is 6.92 Å². The van der Waals surface area contributed by atoms with Crippen LogP contribution >= 0.6 is 11.6 Å². The number of carbonyl (C=O) groups is 2. The van der Waals surface area contributed by atoms with Crippen molar-refractivity contribution in [3.8, 4) is 0 Å². The average Bonchev–Trinajstić information content (AvgIpc) is 2.87. The van der Waals surface area contributed by atoms with Crippen LogP contribution in [-0.4, -0.2) is 36.1 Å². The lowest BCUT2D eigenvalue weighted by Crippen LogP contribution is -2.41. The Bertz CT molecular complexity index is 533. The van der Waals surface area contributed by atoms with Crippen molar-refractivity contribution >= 4 is 23.6 Å². The van der Waals surface area contributed by atoms with E-state index in [1.54, 1.807) is 18.2 Å². The maximum Gasteiger partial charge on any atom is 0.338 e. The number of nitrogens with zero attached hydrogens (tertiary/aromatic N) is 1. The smallest absolute Gasteiger partial charge is 0.338 e. The number of hydrogen-bond acceptors (Lipinski definition) is 3. The van der Waals surface area contributed by atoms with Gasteiger partial charge in [0.05, 0.1) is 11.6 Å². The summed E-state index contributed by atoms with van der Waals surface area (Å²) in [5.74, 6) is -0.441. The SMILES string of the molecule is Cc1ccc(C(=O)OCC2CCCN2C(N)=O)cc1Cl. The van der Waals surface area contributed by atoms with Crippen LogP contribution in [0.2, 0.25) is 5.02 Å². The Morgan fingerprint density at radius 2 is 2.25 bits per heavy atom. The maximum absolute atomic E-state index is 11.9. The minimum Gasteiger partial charge on any atom is -0.460 e. The lowest BCUT2D eigenvalue weighted by atomic mass is 10.1. The number of nitrogens with two attached hydrogens (primary N) is 1. The van der Waals surface area contributed by atoms with Crippen LogP contribution in [0.5, 0.6) is 0 Å². The molecule has 108 valence electrons. The first-order valence-electron chi connectivity index (χ1n) is 6.48. The number of aryl methyl sites for hydroxylation is 1. The molecule has 0 saturated carbocycles. The number of likely N-dealkylation sites (tertiary alicyclic amines) is 1. The van der Waals surface area contributed by atoms with Gasteiger partial charge in [0.15, 0.2) is 0 Å². The molecule has 0 spiro atoms. The fourth-order valence-corrected chi connectivity index (χ4v) is 2.45. The predicted molar refractivity (Wildman–Crippen MR) is 75.8 cm³/mol. The van der Waals surface area contributed by atoms with Gasteiger partial charge >= 0.3 is 12.0 Å². The van der Waals surface area contributed by atoms with Crippen molar-refractivity contribution in [1.82, 2.24) is 4.90 Å². The van der Waals surface area contributed by atoms with Gasteiger partial charge in [0.2, 0.25) is 0 Å². The first-order chi connectivity index (χ1) is 9.49. The number of halogens is 1. The first kappa shape index (κ1) is 14.7. The summed E-state index contributed by atoms with van der Waals surface area (Å²) >= 11 is 5.97. The molecule has 5 nitrogen and oxygen atoms in total. The van der Waals surface area contributed by atoms with Crippen LogP contribution in [0.1, 0.15) is 28.8 Å². The number of benzene rings is 1. The summed E-state index contributed by atoms with van der Waals surface area (Å²) < 4.78 is 5.24. The first-order valence-corrected chi connectivity index (χ1v) is 6.86. The highest BCUT2D eigenvalue weighted by Gasteiger charge is 2.28. The Morgan fingerprint density at radius 3 is 2.90 bits per heavy atom. The molecular weight excluding hydrogens is 280 g/mol. The number of ether oxygens (including phenoxy) is 1. The van der Waals surface area contributed by atoms with E-state index in [2.05, 4.69) is 0 Å². The summed E-state index contributed by atoms with van der Waals surface area (Å²) in [5, 5.41) is 0.527. The molecule has 20 heavy (non-hydrogen) atoms. The summed E-state index contributed by atoms with van der Waals surface area (Å²) in [6, 6.07) is 4.42. The number of rotatable bonds is 3. The van der Waals surface area contributed by atoms with Gasteiger partial charge in [-0.15, -0.1) is 0 Å². The quantitative estimate of drug-likeness (QED) is 0.870. The summed E-state index contributed by atoms with van der Waals surface area (Å²) in [6.45, 7) is 2.64. The Labute approximate surface area is 122 Å².